The summed E-state index contributed by atoms with van der Waals surface area (Å²) >= 11 is 11.9. The van der Waals surface area contributed by atoms with E-state index in [9.17, 15) is 22.8 Å². The Morgan fingerprint density at radius 1 is 0.933 bits per heavy atom. The van der Waals surface area contributed by atoms with E-state index in [0.717, 1.165) is 12.1 Å². The molecule has 2 N–H and O–H groups in total. The van der Waals surface area contributed by atoms with Gasteiger partial charge in [0.1, 0.15) is 0 Å². The first-order valence-electron chi connectivity index (χ1n) is 9.11. The van der Waals surface area contributed by atoms with Crippen molar-refractivity contribution in [3.05, 3.63) is 57.8 Å². The number of carbonyl (C=O) groups is 2. The first kappa shape index (κ1) is 24.0. The largest absolute Gasteiger partial charge is 0.325 e. The lowest BCUT2D eigenvalue weighted by Gasteiger charge is -2.21. The molecule has 0 atom stereocenters. The third-order valence-corrected chi connectivity index (χ3v) is 4.64. The van der Waals surface area contributed by atoms with Crippen LogP contribution in [0.2, 0.25) is 10.0 Å². The van der Waals surface area contributed by atoms with Gasteiger partial charge in [-0.25, -0.2) is 13.2 Å². The number of hydrogen-bond acceptors (Lipinski definition) is 3. The van der Waals surface area contributed by atoms with Gasteiger partial charge in [-0.3, -0.25) is 14.5 Å². The van der Waals surface area contributed by atoms with E-state index in [1.54, 1.807) is 17.0 Å². The SMILES string of the molecule is CCCN(CCC(=O)Nc1cc(Cl)ccc1Cl)CC(=O)Nc1ccc(F)c(F)c1F. The van der Waals surface area contributed by atoms with Crippen LogP contribution in [0.4, 0.5) is 24.5 Å². The third-order valence-electron chi connectivity index (χ3n) is 4.07. The Hall–Kier alpha value is -2.29. The van der Waals surface area contributed by atoms with E-state index >= 15 is 0 Å². The lowest BCUT2D eigenvalue weighted by molar-refractivity contribution is -0.119. The number of anilines is 2. The Morgan fingerprint density at radius 2 is 1.63 bits per heavy atom. The number of rotatable bonds is 9. The van der Waals surface area contributed by atoms with Crippen molar-refractivity contribution in [3.8, 4) is 0 Å². The molecule has 0 fully saturated rings. The van der Waals surface area contributed by atoms with Crippen LogP contribution in [-0.2, 0) is 9.59 Å². The van der Waals surface area contributed by atoms with Crippen LogP contribution in [0.5, 0.6) is 0 Å². The fourth-order valence-electron chi connectivity index (χ4n) is 2.67. The third kappa shape index (κ3) is 6.90. The van der Waals surface area contributed by atoms with Gasteiger partial charge in [-0.05, 0) is 43.3 Å². The van der Waals surface area contributed by atoms with Gasteiger partial charge in [-0.15, -0.1) is 0 Å². The summed E-state index contributed by atoms with van der Waals surface area (Å²) in [6.07, 6.45) is 0.768. The zero-order chi connectivity index (χ0) is 22.3. The minimum Gasteiger partial charge on any atom is -0.325 e. The van der Waals surface area contributed by atoms with Gasteiger partial charge in [-0.2, -0.15) is 0 Å². The van der Waals surface area contributed by atoms with E-state index in [4.69, 9.17) is 23.2 Å². The molecule has 2 aromatic carbocycles. The molecule has 162 valence electrons. The van der Waals surface area contributed by atoms with Crippen LogP contribution in [-0.4, -0.2) is 36.3 Å². The number of halogens is 5. The fourth-order valence-corrected chi connectivity index (χ4v) is 3.00. The minimum atomic E-state index is -1.66. The van der Waals surface area contributed by atoms with Crippen LogP contribution >= 0.6 is 23.2 Å². The number of nitrogens with zero attached hydrogens (tertiary/aromatic N) is 1. The van der Waals surface area contributed by atoms with Crippen molar-refractivity contribution in [1.82, 2.24) is 4.90 Å². The summed E-state index contributed by atoms with van der Waals surface area (Å²) in [7, 11) is 0. The Balaban J connectivity index is 1.92. The average Bonchev–Trinajstić information content (AvgIpc) is 2.69. The number of carbonyl (C=O) groups excluding carboxylic acids is 2. The summed E-state index contributed by atoms with van der Waals surface area (Å²) in [6.45, 7) is 2.48. The Morgan fingerprint density at radius 3 is 2.33 bits per heavy atom. The molecular formula is C20H20Cl2F3N3O2. The van der Waals surface area contributed by atoms with Crippen LogP contribution < -0.4 is 10.6 Å². The van der Waals surface area contributed by atoms with E-state index in [-0.39, 0.29) is 25.4 Å². The van der Waals surface area contributed by atoms with E-state index < -0.39 is 29.0 Å². The lowest BCUT2D eigenvalue weighted by atomic mass is 10.2. The topological polar surface area (TPSA) is 61.4 Å². The molecule has 10 heteroatoms. The summed E-state index contributed by atoms with van der Waals surface area (Å²) in [5.41, 5.74) is -0.0774. The molecule has 0 saturated heterocycles. The Kier molecular flexibility index (Phi) is 8.95. The van der Waals surface area contributed by atoms with E-state index in [0.29, 0.717) is 28.7 Å². The van der Waals surface area contributed by atoms with Gasteiger partial charge < -0.3 is 10.6 Å². The van der Waals surface area contributed by atoms with Crippen molar-refractivity contribution < 1.29 is 22.8 Å². The highest BCUT2D eigenvalue weighted by Gasteiger charge is 2.17. The van der Waals surface area contributed by atoms with E-state index in [1.165, 1.54) is 6.07 Å². The maximum absolute atomic E-state index is 13.7. The summed E-state index contributed by atoms with van der Waals surface area (Å²) in [5.74, 6) is -5.42. The van der Waals surface area contributed by atoms with Gasteiger partial charge in [-0.1, -0.05) is 30.1 Å². The second-order valence-corrected chi connectivity index (χ2v) is 7.31. The van der Waals surface area contributed by atoms with E-state index in [2.05, 4.69) is 10.6 Å². The number of amides is 2. The van der Waals surface area contributed by atoms with Crippen LogP contribution in [0, 0.1) is 17.5 Å². The molecule has 2 amide bonds. The van der Waals surface area contributed by atoms with Gasteiger partial charge >= 0.3 is 0 Å². The Bertz CT molecular complexity index is 928. The molecule has 0 radical (unpaired) electrons. The number of benzene rings is 2. The number of nitrogens with one attached hydrogen (secondary N) is 2. The fraction of sp³-hybridized carbons (Fsp3) is 0.300. The van der Waals surface area contributed by atoms with Crippen molar-refractivity contribution in [2.24, 2.45) is 0 Å². The normalized spacial score (nSPS) is 10.9. The summed E-state index contributed by atoms with van der Waals surface area (Å²) in [5, 5.41) is 5.62. The predicted molar refractivity (Wildman–Crippen MR) is 111 cm³/mol. The molecular weight excluding hydrogens is 442 g/mol. The molecule has 0 saturated carbocycles. The summed E-state index contributed by atoms with van der Waals surface area (Å²) < 4.78 is 40.0. The molecule has 0 bridgehead atoms. The van der Waals surface area contributed by atoms with Crippen LogP contribution in [0.25, 0.3) is 0 Å². The maximum Gasteiger partial charge on any atom is 0.238 e. The number of hydrogen-bond donors (Lipinski definition) is 2. The lowest BCUT2D eigenvalue weighted by Crippen LogP contribution is -2.36. The molecule has 30 heavy (non-hydrogen) atoms. The monoisotopic (exact) mass is 461 g/mol. The highest BCUT2D eigenvalue weighted by atomic mass is 35.5. The standard InChI is InChI=1S/C20H20Cl2F3N3O2/c1-2-8-28(9-7-17(29)27-16-10-12(21)3-4-13(16)22)11-18(30)26-15-6-5-14(23)19(24)20(15)25/h3-6,10H,2,7-9,11H2,1H3,(H,26,30)(H,27,29). The molecule has 0 spiro atoms. The van der Waals surface area contributed by atoms with Gasteiger partial charge in [0, 0.05) is 18.0 Å². The first-order chi connectivity index (χ1) is 14.2. The molecule has 0 heterocycles. The zero-order valence-electron chi connectivity index (χ0n) is 16.1. The molecule has 0 unspecified atom stereocenters. The first-order valence-corrected chi connectivity index (χ1v) is 9.87. The quantitative estimate of drug-likeness (QED) is 0.511. The van der Waals surface area contributed by atoms with Crippen molar-refractivity contribution in [3.63, 3.8) is 0 Å². The van der Waals surface area contributed by atoms with Crippen LogP contribution in [0.15, 0.2) is 30.3 Å². The molecule has 0 aliphatic carbocycles. The maximum atomic E-state index is 13.7. The second kappa shape index (κ2) is 11.2. The molecule has 0 aliphatic rings. The smallest absolute Gasteiger partial charge is 0.238 e. The van der Waals surface area contributed by atoms with Gasteiger partial charge in [0.2, 0.25) is 11.8 Å². The summed E-state index contributed by atoms with van der Waals surface area (Å²) in [4.78, 5) is 26.1. The molecule has 2 rings (SSSR count). The highest BCUT2D eigenvalue weighted by Crippen LogP contribution is 2.25. The van der Waals surface area contributed by atoms with Gasteiger partial charge in [0.05, 0.1) is 22.9 Å². The molecule has 0 aromatic heterocycles. The zero-order valence-corrected chi connectivity index (χ0v) is 17.6. The van der Waals surface area contributed by atoms with Crippen LogP contribution in [0.1, 0.15) is 19.8 Å². The average molecular weight is 462 g/mol. The Labute approximate surface area is 182 Å². The van der Waals surface area contributed by atoms with E-state index in [1.807, 2.05) is 6.92 Å². The summed E-state index contributed by atoms with van der Waals surface area (Å²) in [6, 6.07) is 6.35. The molecule has 5 nitrogen and oxygen atoms in total. The van der Waals surface area contributed by atoms with Crippen molar-refractivity contribution in [2.75, 3.05) is 30.3 Å². The van der Waals surface area contributed by atoms with Gasteiger partial charge in [0.15, 0.2) is 17.5 Å². The van der Waals surface area contributed by atoms with Gasteiger partial charge in [0.25, 0.3) is 0 Å². The van der Waals surface area contributed by atoms with Crippen molar-refractivity contribution in [1.29, 1.82) is 0 Å². The minimum absolute atomic E-state index is 0.0651. The van der Waals surface area contributed by atoms with Crippen molar-refractivity contribution in [2.45, 2.75) is 19.8 Å². The molecule has 2 aromatic rings. The van der Waals surface area contributed by atoms with Crippen molar-refractivity contribution >= 4 is 46.4 Å². The predicted octanol–water partition coefficient (Wildman–Crippen LogP) is 5.09. The highest BCUT2D eigenvalue weighted by molar-refractivity contribution is 6.35. The second-order valence-electron chi connectivity index (χ2n) is 6.47. The molecule has 0 aliphatic heterocycles. The van der Waals surface area contributed by atoms with Crippen LogP contribution in [0.3, 0.4) is 0 Å².